The van der Waals surface area contributed by atoms with Gasteiger partial charge in [-0.15, -0.1) is 5.10 Å². The minimum atomic E-state index is -0.642. The maximum Gasteiger partial charge on any atom is 0.277 e. The van der Waals surface area contributed by atoms with Crippen molar-refractivity contribution in [1.29, 1.82) is 0 Å². The van der Waals surface area contributed by atoms with Crippen LogP contribution in [0.15, 0.2) is 4.79 Å². The SMILES string of the molecule is CCc1nc(C2CCCC2)n2nc(C(C)(C)OC)[nH]c(=O)c12. The largest absolute Gasteiger partial charge is 0.371 e. The van der Waals surface area contributed by atoms with E-state index in [1.54, 1.807) is 11.6 Å². The zero-order chi connectivity index (χ0) is 15.9. The molecule has 2 aromatic heterocycles. The van der Waals surface area contributed by atoms with Gasteiger partial charge in [-0.25, -0.2) is 9.50 Å². The van der Waals surface area contributed by atoms with Gasteiger partial charge in [0, 0.05) is 13.0 Å². The van der Waals surface area contributed by atoms with Crippen molar-refractivity contribution in [2.45, 2.75) is 64.4 Å². The number of fused-ring (bicyclic) bond motifs is 1. The number of ether oxygens (including phenoxy) is 1. The van der Waals surface area contributed by atoms with E-state index in [9.17, 15) is 4.79 Å². The van der Waals surface area contributed by atoms with Crippen LogP contribution in [-0.2, 0) is 16.8 Å². The highest BCUT2D eigenvalue weighted by Gasteiger charge is 2.28. The first kappa shape index (κ1) is 15.2. The molecule has 0 saturated heterocycles. The van der Waals surface area contributed by atoms with Gasteiger partial charge in [0.05, 0.1) is 5.69 Å². The Bertz CT molecular complexity index is 738. The minimum absolute atomic E-state index is 0.135. The Balaban J connectivity index is 2.25. The van der Waals surface area contributed by atoms with Crippen LogP contribution in [-0.4, -0.2) is 26.7 Å². The lowest BCUT2D eigenvalue weighted by molar-refractivity contribution is 0.0101. The zero-order valence-electron chi connectivity index (χ0n) is 13.8. The lowest BCUT2D eigenvalue weighted by Gasteiger charge is -2.21. The van der Waals surface area contributed by atoms with Crippen molar-refractivity contribution in [3.05, 3.63) is 27.7 Å². The Morgan fingerprint density at radius 2 is 2.05 bits per heavy atom. The number of aryl methyl sites for hydroxylation is 1. The highest BCUT2D eigenvalue weighted by Crippen LogP contribution is 2.34. The molecule has 0 atom stereocenters. The van der Waals surface area contributed by atoms with E-state index in [1.807, 2.05) is 20.8 Å². The number of rotatable bonds is 4. The first-order chi connectivity index (χ1) is 10.5. The molecule has 0 unspecified atom stereocenters. The Labute approximate surface area is 129 Å². The average molecular weight is 304 g/mol. The molecule has 0 amide bonds. The van der Waals surface area contributed by atoms with Gasteiger partial charge in [-0.05, 0) is 33.1 Å². The molecule has 1 aliphatic carbocycles. The van der Waals surface area contributed by atoms with Gasteiger partial charge in [0.25, 0.3) is 5.56 Å². The molecule has 6 nitrogen and oxygen atoms in total. The monoisotopic (exact) mass is 304 g/mol. The molecular formula is C16H24N4O2. The smallest absolute Gasteiger partial charge is 0.277 e. The molecule has 3 rings (SSSR count). The summed E-state index contributed by atoms with van der Waals surface area (Å²) in [5, 5.41) is 4.67. The fourth-order valence-electron chi connectivity index (χ4n) is 3.16. The standard InChI is InChI=1S/C16H24N4O2/c1-5-11-12-14(21)18-15(16(2,3)22-4)19-20(12)13(17-11)10-8-6-7-9-10/h10H,5-9H2,1-4H3,(H,18,19,21). The van der Waals surface area contributed by atoms with E-state index in [4.69, 9.17) is 9.72 Å². The van der Waals surface area contributed by atoms with E-state index in [2.05, 4.69) is 10.1 Å². The van der Waals surface area contributed by atoms with Crippen LogP contribution in [0, 0.1) is 0 Å². The molecule has 2 aromatic rings. The number of H-pyrrole nitrogens is 1. The van der Waals surface area contributed by atoms with E-state index >= 15 is 0 Å². The van der Waals surface area contributed by atoms with Crippen LogP contribution in [0.3, 0.4) is 0 Å². The zero-order valence-corrected chi connectivity index (χ0v) is 13.8. The first-order valence-electron chi connectivity index (χ1n) is 8.05. The number of nitrogens with zero attached hydrogens (tertiary/aromatic N) is 3. The average Bonchev–Trinajstić information content (AvgIpc) is 3.13. The molecule has 0 aliphatic heterocycles. The molecule has 2 heterocycles. The van der Waals surface area contributed by atoms with E-state index < -0.39 is 5.60 Å². The number of aromatic nitrogens is 4. The van der Waals surface area contributed by atoms with Crippen molar-refractivity contribution in [3.8, 4) is 0 Å². The Morgan fingerprint density at radius 3 is 2.64 bits per heavy atom. The van der Waals surface area contributed by atoms with Crippen molar-refractivity contribution < 1.29 is 4.74 Å². The lowest BCUT2D eigenvalue weighted by Crippen LogP contribution is -2.29. The third-order valence-corrected chi connectivity index (χ3v) is 4.73. The van der Waals surface area contributed by atoms with Crippen molar-refractivity contribution >= 4 is 5.52 Å². The van der Waals surface area contributed by atoms with Gasteiger partial charge in [-0.3, -0.25) is 4.79 Å². The third kappa shape index (κ3) is 2.35. The van der Waals surface area contributed by atoms with Crippen LogP contribution in [0.4, 0.5) is 0 Å². The normalized spacial score (nSPS) is 16.7. The Morgan fingerprint density at radius 1 is 1.36 bits per heavy atom. The summed E-state index contributed by atoms with van der Waals surface area (Å²) in [7, 11) is 1.62. The molecule has 0 bridgehead atoms. The summed E-state index contributed by atoms with van der Waals surface area (Å²) < 4.78 is 7.23. The fraction of sp³-hybridized carbons (Fsp3) is 0.688. The molecule has 1 saturated carbocycles. The highest BCUT2D eigenvalue weighted by atomic mass is 16.5. The number of nitrogens with one attached hydrogen (secondary N) is 1. The molecular weight excluding hydrogens is 280 g/mol. The van der Waals surface area contributed by atoms with Crippen LogP contribution in [0.1, 0.15) is 69.7 Å². The van der Waals surface area contributed by atoms with Crippen LogP contribution >= 0.6 is 0 Å². The van der Waals surface area contributed by atoms with Gasteiger partial charge in [0.15, 0.2) is 11.3 Å². The molecule has 1 N–H and O–H groups in total. The Kier molecular flexibility index (Phi) is 3.80. The quantitative estimate of drug-likeness (QED) is 0.942. The summed E-state index contributed by atoms with van der Waals surface area (Å²) in [5.41, 5.74) is 0.637. The molecule has 0 spiro atoms. The number of hydrogen-bond donors (Lipinski definition) is 1. The van der Waals surface area contributed by atoms with E-state index in [0.717, 1.165) is 30.8 Å². The third-order valence-electron chi connectivity index (χ3n) is 4.73. The molecule has 0 aromatic carbocycles. The second-order valence-electron chi connectivity index (χ2n) is 6.53. The van der Waals surface area contributed by atoms with Gasteiger partial charge < -0.3 is 9.72 Å². The molecule has 1 aliphatic rings. The van der Waals surface area contributed by atoms with Crippen molar-refractivity contribution in [3.63, 3.8) is 0 Å². The van der Waals surface area contributed by atoms with E-state index in [1.165, 1.54) is 12.8 Å². The van der Waals surface area contributed by atoms with Gasteiger partial charge in [-0.2, -0.15) is 0 Å². The summed E-state index contributed by atoms with van der Waals surface area (Å²) in [4.78, 5) is 20.2. The molecule has 0 radical (unpaired) electrons. The van der Waals surface area contributed by atoms with Crippen LogP contribution in [0.25, 0.3) is 5.52 Å². The van der Waals surface area contributed by atoms with Gasteiger partial charge in [0.1, 0.15) is 11.4 Å². The fourth-order valence-corrected chi connectivity index (χ4v) is 3.16. The van der Waals surface area contributed by atoms with Crippen molar-refractivity contribution in [2.24, 2.45) is 0 Å². The van der Waals surface area contributed by atoms with Crippen LogP contribution in [0.5, 0.6) is 0 Å². The molecule has 120 valence electrons. The predicted octanol–water partition coefficient (Wildman–Crippen LogP) is 2.52. The van der Waals surface area contributed by atoms with Gasteiger partial charge in [0.2, 0.25) is 0 Å². The minimum Gasteiger partial charge on any atom is -0.371 e. The maximum atomic E-state index is 12.6. The number of aromatic amines is 1. The number of methoxy groups -OCH3 is 1. The summed E-state index contributed by atoms with van der Waals surface area (Å²) in [6.45, 7) is 5.81. The Hall–Kier alpha value is -1.69. The topological polar surface area (TPSA) is 72.3 Å². The summed E-state index contributed by atoms with van der Waals surface area (Å²) in [6.07, 6.45) is 5.43. The second-order valence-corrected chi connectivity index (χ2v) is 6.53. The van der Waals surface area contributed by atoms with E-state index in [-0.39, 0.29) is 5.56 Å². The number of hydrogen-bond acceptors (Lipinski definition) is 4. The van der Waals surface area contributed by atoms with Crippen molar-refractivity contribution in [2.75, 3.05) is 7.11 Å². The number of imidazole rings is 1. The van der Waals surface area contributed by atoms with Crippen LogP contribution < -0.4 is 5.56 Å². The summed E-state index contributed by atoms with van der Waals surface area (Å²) >= 11 is 0. The van der Waals surface area contributed by atoms with Gasteiger partial charge in [-0.1, -0.05) is 19.8 Å². The maximum absolute atomic E-state index is 12.6. The van der Waals surface area contributed by atoms with Crippen LogP contribution in [0.2, 0.25) is 0 Å². The predicted molar refractivity (Wildman–Crippen MR) is 84.2 cm³/mol. The highest BCUT2D eigenvalue weighted by molar-refractivity contribution is 5.51. The first-order valence-corrected chi connectivity index (χ1v) is 8.05. The van der Waals surface area contributed by atoms with E-state index in [0.29, 0.717) is 17.3 Å². The molecule has 1 fully saturated rings. The summed E-state index contributed by atoms with van der Waals surface area (Å²) in [6, 6.07) is 0. The second kappa shape index (κ2) is 5.50. The molecule has 6 heteroatoms. The lowest BCUT2D eigenvalue weighted by atomic mass is 10.1. The molecule has 22 heavy (non-hydrogen) atoms. The van der Waals surface area contributed by atoms with Gasteiger partial charge >= 0.3 is 0 Å². The van der Waals surface area contributed by atoms with Crippen molar-refractivity contribution in [1.82, 2.24) is 19.6 Å². The summed E-state index contributed by atoms with van der Waals surface area (Å²) in [5.74, 6) is 1.87.